The lowest BCUT2D eigenvalue weighted by atomic mass is 10.1. The molecule has 0 spiro atoms. The van der Waals surface area contributed by atoms with Crippen LogP contribution in [-0.2, 0) is 4.79 Å². The van der Waals surface area contributed by atoms with Crippen molar-refractivity contribution < 1.29 is 14.3 Å². The number of carbonyl (C=O) groups excluding carboxylic acids is 1. The number of ether oxygens (including phenoxy) is 2. The molecule has 1 amide bonds. The van der Waals surface area contributed by atoms with Gasteiger partial charge in [-0.25, -0.2) is 9.97 Å². The van der Waals surface area contributed by atoms with Crippen LogP contribution in [0, 0.1) is 0 Å². The quantitative estimate of drug-likeness (QED) is 0.867. The Morgan fingerprint density at radius 3 is 2.52 bits per heavy atom. The maximum absolute atomic E-state index is 12.4. The van der Waals surface area contributed by atoms with Gasteiger partial charge in [0.25, 0.3) is 0 Å². The Balaban J connectivity index is 1.76. The number of rotatable bonds is 6. The lowest BCUT2D eigenvalue weighted by molar-refractivity contribution is -0.116. The second-order valence-electron chi connectivity index (χ2n) is 6.11. The molecule has 0 atom stereocenters. The van der Waals surface area contributed by atoms with E-state index >= 15 is 0 Å². The monoisotopic (exact) mass is 344 g/mol. The fourth-order valence-electron chi connectivity index (χ4n) is 3.19. The van der Waals surface area contributed by atoms with Crippen LogP contribution in [-0.4, -0.2) is 54.6 Å². The van der Waals surface area contributed by atoms with E-state index in [1.165, 1.54) is 19.3 Å². The van der Waals surface area contributed by atoms with E-state index in [2.05, 4.69) is 20.2 Å². The van der Waals surface area contributed by atoms with Crippen LogP contribution in [0.1, 0.15) is 25.7 Å². The number of carbonyl (C=O) groups is 1. The first kappa shape index (κ1) is 17.4. The van der Waals surface area contributed by atoms with Gasteiger partial charge in [0.1, 0.15) is 16.8 Å². The SMILES string of the molecule is COc1cc(NC(=O)CCN2CCCCC2)c(OC)c2nccnc12. The van der Waals surface area contributed by atoms with Crippen LogP contribution in [0.2, 0.25) is 0 Å². The molecule has 7 heteroatoms. The highest BCUT2D eigenvalue weighted by Crippen LogP contribution is 2.37. The number of amides is 1. The molecule has 1 aliphatic heterocycles. The second-order valence-corrected chi connectivity index (χ2v) is 6.11. The van der Waals surface area contributed by atoms with E-state index in [0.717, 1.165) is 19.6 Å². The van der Waals surface area contributed by atoms with E-state index in [1.807, 2.05) is 0 Å². The summed E-state index contributed by atoms with van der Waals surface area (Å²) in [4.78, 5) is 23.3. The van der Waals surface area contributed by atoms with Gasteiger partial charge in [-0.1, -0.05) is 6.42 Å². The summed E-state index contributed by atoms with van der Waals surface area (Å²) in [5.74, 6) is 1.000. The third-order valence-corrected chi connectivity index (χ3v) is 4.47. The summed E-state index contributed by atoms with van der Waals surface area (Å²) in [5, 5.41) is 2.93. The fourth-order valence-corrected chi connectivity index (χ4v) is 3.19. The number of methoxy groups -OCH3 is 2. The summed E-state index contributed by atoms with van der Waals surface area (Å²) < 4.78 is 10.9. The summed E-state index contributed by atoms with van der Waals surface area (Å²) in [7, 11) is 3.12. The first-order chi connectivity index (χ1) is 12.2. The highest BCUT2D eigenvalue weighted by molar-refractivity contribution is 5.99. The first-order valence-electron chi connectivity index (χ1n) is 8.61. The van der Waals surface area contributed by atoms with Crippen LogP contribution in [0.25, 0.3) is 11.0 Å². The fraction of sp³-hybridized carbons (Fsp3) is 0.500. The molecule has 0 saturated carbocycles. The Kier molecular flexibility index (Phi) is 5.65. The van der Waals surface area contributed by atoms with Gasteiger partial charge in [-0.2, -0.15) is 0 Å². The highest BCUT2D eigenvalue weighted by atomic mass is 16.5. The standard InChI is InChI=1S/C18H24N4O3/c1-24-14-12-13(18(25-2)17-16(14)19-7-8-20-17)21-15(23)6-11-22-9-4-3-5-10-22/h7-8,12H,3-6,9-11H2,1-2H3,(H,21,23). The molecule has 1 aliphatic rings. The molecular formula is C18H24N4O3. The largest absolute Gasteiger partial charge is 0.494 e. The number of aromatic nitrogens is 2. The molecule has 0 aliphatic carbocycles. The predicted molar refractivity (Wildman–Crippen MR) is 96.2 cm³/mol. The molecule has 25 heavy (non-hydrogen) atoms. The summed E-state index contributed by atoms with van der Waals surface area (Å²) in [6.07, 6.45) is 7.36. The Bertz CT molecular complexity index is 744. The van der Waals surface area contributed by atoms with Gasteiger partial charge in [-0.05, 0) is 25.9 Å². The zero-order valence-electron chi connectivity index (χ0n) is 14.7. The van der Waals surface area contributed by atoms with E-state index in [-0.39, 0.29) is 5.91 Å². The maximum Gasteiger partial charge on any atom is 0.225 e. The number of nitrogens with one attached hydrogen (secondary N) is 1. The van der Waals surface area contributed by atoms with E-state index in [4.69, 9.17) is 9.47 Å². The van der Waals surface area contributed by atoms with Crippen molar-refractivity contribution in [1.29, 1.82) is 0 Å². The van der Waals surface area contributed by atoms with Gasteiger partial charge in [-0.15, -0.1) is 0 Å². The minimum absolute atomic E-state index is 0.0471. The molecule has 1 fully saturated rings. The molecule has 1 aromatic carbocycles. The van der Waals surface area contributed by atoms with Gasteiger partial charge in [0, 0.05) is 31.4 Å². The Hall–Kier alpha value is -2.41. The van der Waals surface area contributed by atoms with Gasteiger partial charge in [-0.3, -0.25) is 4.79 Å². The molecule has 1 saturated heterocycles. The van der Waals surface area contributed by atoms with E-state index in [1.54, 1.807) is 32.7 Å². The van der Waals surface area contributed by atoms with Crippen molar-refractivity contribution in [3.05, 3.63) is 18.5 Å². The van der Waals surface area contributed by atoms with Crippen LogP contribution in [0.15, 0.2) is 18.5 Å². The molecule has 0 unspecified atom stereocenters. The highest BCUT2D eigenvalue weighted by Gasteiger charge is 2.18. The van der Waals surface area contributed by atoms with Crippen LogP contribution in [0.5, 0.6) is 11.5 Å². The summed E-state index contributed by atoms with van der Waals surface area (Å²) in [5.41, 5.74) is 1.72. The number of anilines is 1. The summed E-state index contributed by atoms with van der Waals surface area (Å²) in [6.45, 7) is 2.94. The van der Waals surface area contributed by atoms with Gasteiger partial charge in [0.2, 0.25) is 5.91 Å². The summed E-state index contributed by atoms with van der Waals surface area (Å²) in [6, 6.07) is 1.73. The molecule has 1 N–H and O–H groups in total. The maximum atomic E-state index is 12.4. The van der Waals surface area contributed by atoms with Crippen LogP contribution in [0.3, 0.4) is 0 Å². The van der Waals surface area contributed by atoms with E-state index < -0.39 is 0 Å². The zero-order valence-corrected chi connectivity index (χ0v) is 14.7. The minimum Gasteiger partial charge on any atom is -0.494 e. The molecule has 0 radical (unpaired) electrons. The molecule has 134 valence electrons. The average Bonchev–Trinajstić information content (AvgIpc) is 2.66. The Morgan fingerprint density at radius 2 is 1.84 bits per heavy atom. The van der Waals surface area contributed by atoms with Crippen molar-refractivity contribution >= 4 is 22.6 Å². The lowest BCUT2D eigenvalue weighted by Gasteiger charge is -2.26. The number of likely N-dealkylation sites (tertiary alicyclic amines) is 1. The molecule has 0 bridgehead atoms. The Morgan fingerprint density at radius 1 is 1.12 bits per heavy atom. The zero-order chi connectivity index (χ0) is 17.6. The second kappa shape index (κ2) is 8.11. The number of benzene rings is 1. The van der Waals surface area contributed by atoms with Crippen molar-refractivity contribution in [3.63, 3.8) is 0 Å². The van der Waals surface area contributed by atoms with Gasteiger partial charge in [0.15, 0.2) is 5.75 Å². The van der Waals surface area contributed by atoms with E-state index in [9.17, 15) is 4.79 Å². The van der Waals surface area contributed by atoms with Gasteiger partial charge >= 0.3 is 0 Å². The smallest absolute Gasteiger partial charge is 0.225 e. The van der Waals surface area contributed by atoms with Gasteiger partial charge < -0.3 is 19.7 Å². The lowest BCUT2D eigenvalue weighted by Crippen LogP contribution is -2.32. The average molecular weight is 344 g/mol. The van der Waals surface area contributed by atoms with E-state index in [0.29, 0.717) is 34.6 Å². The van der Waals surface area contributed by atoms with Crippen LogP contribution in [0.4, 0.5) is 5.69 Å². The van der Waals surface area contributed by atoms with Crippen molar-refractivity contribution in [2.45, 2.75) is 25.7 Å². The Labute approximate surface area is 147 Å². The van der Waals surface area contributed by atoms with Crippen molar-refractivity contribution in [3.8, 4) is 11.5 Å². The van der Waals surface area contributed by atoms with Crippen molar-refractivity contribution in [2.24, 2.45) is 0 Å². The molecule has 7 nitrogen and oxygen atoms in total. The molecule has 2 aromatic rings. The van der Waals surface area contributed by atoms with Crippen LogP contribution < -0.4 is 14.8 Å². The molecule has 3 rings (SSSR count). The number of fused-ring (bicyclic) bond motifs is 1. The molecule has 1 aromatic heterocycles. The molecular weight excluding hydrogens is 320 g/mol. The normalized spacial score (nSPS) is 15.1. The molecule has 2 heterocycles. The third-order valence-electron chi connectivity index (χ3n) is 4.47. The number of nitrogens with zero attached hydrogens (tertiary/aromatic N) is 3. The van der Waals surface area contributed by atoms with Crippen molar-refractivity contribution in [1.82, 2.24) is 14.9 Å². The minimum atomic E-state index is -0.0471. The topological polar surface area (TPSA) is 76.6 Å². The van der Waals surface area contributed by atoms with Crippen LogP contribution >= 0.6 is 0 Å². The first-order valence-corrected chi connectivity index (χ1v) is 8.61. The van der Waals surface area contributed by atoms with Crippen molar-refractivity contribution in [2.75, 3.05) is 39.2 Å². The number of hydrogen-bond donors (Lipinski definition) is 1. The number of piperidine rings is 1. The summed E-state index contributed by atoms with van der Waals surface area (Å²) >= 11 is 0. The third kappa shape index (κ3) is 3.99. The number of hydrogen-bond acceptors (Lipinski definition) is 6. The van der Waals surface area contributed by atoms with Gasteiger partial charge in [0.05, 0.1) is 19.9 Å². The predicted octanol–water partition coefficient (Wildman–Crippen LogP) is 2.46.